The lowest BCUT2D eigenvalue weighted by Crippen LogP contribution is -2.30. The van der Waals surface area contributed by atoms with Crippen molar-refractivity contribution in [3.05, 3.63) is 65.5 Å². The van der Waals surface area contributed by atoms with Gasteiger partial charge in [0.15, 0.2) is 0 Å². The van der Waals surface area contributed by atoms with Crippen LogP contribution in [0.1, 0.15) is 43.4 Å². The molecule has 2 aromatic rings. The Bertz CT molecular complexity index is 785. The van der Waals surface area contributed by atoms with Crippen molar-refractivity contribution in [1.29, 1.82) is 0 Å². The van der Waals surface area contributed by atoms with Gasteiger partial charge < -0.3 is 0 Å². The lowest BCUT2D eigenvalue weighted by Gasteiger charge is -2.24. The first-order chi connectivity index (χ1) is 11.5. The fourth-order valence-electron chi connectivity index (χ4n) is 3.30. The molecule has 0 N–H and O–H groups in total. The van der Waals surface area contributed by atoms with Crippen molar-refractivity contribution in [3.8, 4) is 0 Å². The van der Waals surface area contributed by atoms with Gasteiger partial charge in [-0.2, -0.15) is 4.31 Å². The maximum absolute atomic E-state index is 13.1. The summed E-state index contributed by atoms with van der Waals surface area (Å²) in [5, 5.41) is 0. The van der Waals surface area contributed by atoms with Crippen LogP contribution < -0.4 is 0 Å². The third-order valence-electron chi connectivity index (χ3n) is 4.53. The van der Waals surface area contributed by atoms with E-state index in [2.05, 4.69) is 6.92 Å². The number of hydrogen-bond acceptors (Lipinski definition) is 2. The standard InChI is InChI=1S/C19H22FNO2S/c1-2-4-15-6-12-18(13-7-15)24(22,23)21-14-3-5-19(21)16-8-10-17(20)11-9-16/h6-13,19H,2-5,14H2,1H3/t19-/m0/s1. The van der Waals surface area contributed by atoms with E-state index in [-0.39, 0.29) is 11.9 Å². The Labute approximate surface area is 143 Å². The normalized spacial score (nSPS) is 18.8. The zero-order valence-electron chi connectivity index (χ0n) is 13.8. The van der Waals surface area contributed by atoms with Crippen molar-refractivity contribution in [2.24, 2.45) is 0 Å². The SMILES string of the molecule is CCCc1ccc(S(=O)(=O)N2CCC[C@H]2c2ccc(F)cc2)cc1. The van der Waals surface area contributed by atoms with Crippen LogP contribution in [-0.2, 0) is 16.4 Å². The molecule has 128 valence electrons. The van der Waals surface area contributed by atoms with Crippen LogP contribution in [-0.4, -0.2) is 19.3 Å². The minimum atomic E-state index is -3.54. The Hall–Kier alpha value is -1.72. The molecule has 0 unspecified atom stereocenters. The number of hydrogen-bond donors (Lipinski definition) is 0. The summed E-state index contributed by atoms with van der Waals surface area (Å²) < 4.78 is 40.7. The van der Waals surface area contributed by atoms with Crippen molar-refractivity contribution >= 4 is 10.0 Å². The summed E-state index contributed by atoms with van der Waals surface area (Å²) >= 11 is 0. The molecule has 3 nitrogen and oxygen atoms in total. The maximum Gasteiger partial charge on any atom is 0.243 e. The number of rotatable bonds is 5. The van der Waals surface area contributed by atoms with Gasteiger partial charge in [0.25, 0.3) is 0 Å². The van der Waals surface area contributed by atoms with E-state index in [1.54, 1.807) is 28.6 Å². The number of nitrogens with zero attached hydrogens (tertiary/aromatic N) is 1. The maximum atomic E-state index is 13.1. The van der Waals surface area contributed by atoms with Gasteiger partial charge in [0.05, 0.1) is 10.9 Å². The Kier molecular flexibility index (Phi) is 5.01. The largest absolute Gasteiger partial charge is 0.243 e. The van der Waals surface area contributed by atoms with Gasteiger partial charge in [-0.3, -0.25) is 0 Å². The highest BCUT2D eigenvalue weighted by molar-refractivity contribution is 7.89. The summed E-state index contributed by atoms with van der Waals surface area (Å²) in [6.45, 7) is 2.60. The number of benzene rings is 2. The van der Waals surface area contributed by atoms with E-state index in [9.17, 15) is 12.8 Å². The molecule has 0 amide bonds. The minimum Gasteiger partial charge on any atom is -0.207 e. The Morgan fingerprint density at radius 1 is 1.08 bits per heavy atom. The van der Waals surface area contributed by atoms with Gasteiger partial charge in [-0.15, -0.1) is 0 Å². The monoisotopic (exact) mass is 347 g/mol. The Balaban J connectivity index is 1.88. The summed E-state index contributed by atoms with van der Waals surface area (Å²) in [6.07, 6.45) is 3.56. The molecule has 1 aliphatic heterocycles. The number of aryl methyl sites for hydroxylation is 1. The highest BCUT2D eigenvalue weighted by Gasteiger charge is 2.36. The van der Waals surface area contributed by atoms with Crippen molar-refractivity contribution in [3.63, 3.8) is 0 Å². The van der Waals surface area contributed by atoms with E-state index in [1.807, 2.05) is 12.1 Å². The predicted octanol–water partition coefficient (Wildman–Crippen LogP) is 4.30. The molecule has 0 bridgehead atoms. The van der Waals surface area contributed by atoms with Crippen LogP contribution in [0.3, 0.4) is 0 Å². The molecular weight excluding hydrogens is 325 g/mol. The first-order valence-electron chi connectivity index (χ1n) is 8.38. The first kappa shape index (κ1) is 17.1. The fourth-order valence-corrected chi connectivity index (χ4v) is 4.98. The summed E-state index contributed by atoms with van der Waals surface area (Å²) in [4.78, 5) is 0.330. The van der Waals surface area contributed by atoms with Crippen LogP contribution in [0.2, 0.25) is 0 Å². The molecule has 0 saturated carbocycles. The molecule has 1 fully saturated rings. The van der Waals surface area contributed by atoms with E-state index in [0.717, 1.165) is 36.8 Å². The zero-order chi connectivity index (χ0) is 17.2. The molecule has 3 rings (SSSR count). The second-order valence-electron chi connectivity index (χ2n) is 6.22. The quantitative estimate of drug-likeness (QED) is 0.808. The molecule has 1 aliphatic rings. The van der Waals surface area contributed by atoms with Gasteiger partial charge in [0, 0.05) is 6.54 Å². The highest BCUT2D eigenvalue weighted by atomic mass is 32.2. The van der Waals surface area contributed by atoms with Gasteiger partial charge >= 0.3 is 0 Å². The topological polar surface area (TPSA) is 37.4 Å². The van der Waals surface area contributed by atoms with Gasteiger partial charge in [-0.25, -0.2) is 12.8 Å². The third kappa shape index (κ3) is 3.37. The van der Waals surface area contributed by atoms with Crippen molar-refractivity contribution in [1.82, 2.24) is 4.31 Å². The zero-order valence-corrected chi connectivity index (χ0v) is 14.6. The summed E-state index contributed by atoms with van der Waals surface area (Å²) in [7, 11) is -3.54. The van der Waals surface area contributed by atoms with E-state index >= 15 is 0 Å². The van der Waals surface area contributed by atoms with Crippen molar-refractivity contribution < 1.29 is 12.8 Å². The lowest BCUT2D eigenvalue weighted by molar-refractivity contribution is 0.396. The highest BCUT2D eigenvalue weighted by Crippen LogP contribution is 2.36. The van der Waals surface area contributed by atoms with Gasteiger partial charge in [0.2, 0.25) is 10.0 Å². The lowest BCUT2D eigenvalue weighted by atomic mass is 10.1. The van der Waals surface area contributed by atoms with Crippen LogP contribution >= 0.6 is 0 Å². The number of halogens is 1. The molecule has 0 aromatic heterocycles. The smallest absolute Gasteiger partial charge is 0.207 e. The van der Waals surface area contributed by atoms with Crippen LogP contribution in [0.25, 0.3) is 0 Å². The summed E-state index contributed by atoms with van der Waals surface area (Å²) in [6, 6.07) is 13.1. The molecule has 0 spiro atoms. The average Bonchev–Trinajstić information content (AvgIpc) is 3.07. The van der Waals surface area contributed by atoms with E-state index < -0.39 is 10.0 Å². The van der Waals surface area contributed by atoms with E-state index in [4.69, 9.17) is 0 Å². The molecule has 0 aliphatic carbocycles. The van der Waals surface area contributed by atoms with Crippen molar-refractivity contribution in [2.45, 2.75) is 43.5 Å². The summed E-state index contributed by atoms with van der Waals surface area (Å²) in [5.41, 5.74) is 1.99. The molecule has 1 atom stereocenters. The molecule has 5 heteroatoms. The van der Waals surface area contributed by atoms with Crippen LogP contribution in [0.5, 0.6) is 0 Å². The second-order valence-corrected chi connectivity index (χ2v) is 8.11. The van der Waals surface area contributed by atoms with Crippen LogP contribution in [0.4, 0.5) is 4.39 Å². The van der Waals surface area contributed by atoms with Gasteiger partial charge in [-0.1, -0.05) is 37.6 Å². The van der Waals surface area contributed by atoms with Crippen LogP contribution in [0, 0.1) is 5.82 Å². The van der Waals surface area contributed by atoms with Gasteiger partial charge in [0.1, 0.15) is 5.82 Å². The third-order valence-corrected chi connectivity index (χ3v) is 6.45. The van der Waals surface area contributed by atoms with Gasteiger partial charge in [-0.05, 0) is 54.7 Å². The molecule has 0 radical (unpaired) electrons. The first-order valence-corrected chi connectivity index (χ1v) is 9.82. The predicted molar refractivity (Wildman–Crippen MR) is 92.7 cm³/mol. The van der Waals surface area contributed by atoms with Crippen LogP contribution in [0.15, 0.2) is 53.4 Å². The fraction of sp³-hybridized carbons (Fsp3) is 0.368. The average molecular weight is 347 g/mol. The van der Waals surface area contributed by atoms with E-state index in [0.29, 0.717) is 11.4 Å². The van der Waals surface area contributed by atoms with Crippen molar-refractivity contribution in [2.75, 3.05) is 6.54 Å². The minimum absolute atomic E-state index is 0.217. The molecule has 1 heterocycles. The summed E-state index contributed by atoms with van der Waals surface area (Å²) in [5.74, 6) is -0.308. The Morgan fingerprint density at radius 3 is 2.38 bits per heavy atom. The molecule has 2 aromatic carbocycles. The molecule has 1 saturated heterocycles. The van der Waals surface area contributed by atoms with E-state index in [1.165, 1.54) is 12.1 Å². The number of sulfonamides is 1. The Morgan fingerprint density at radius 2 is 1.75 bits per heavy atom. The molecular formula is C19H22FNO2S. The molecule has 24 heavy (non-hydrogen) atoms. The second kappa shape index (κ2) is 7.03.